The van der Waals surface area contributed by atoms with Crippen molar-refractivity contribution in [3.8, 4) is 0 Å². The van der Waals surface area contributed by atoms with E-state index in [4.69, 9.17) is 0 Å². The first-order valence-electron chi connectivity index (χ1n) is 8.08. The second-order valence-corrected chi connectivity index (χ2v) is 6.81. The molecule has 0 aliphatic carbocycles. The van der Waals surface area contributed by atoms with Crippen molar-refractivity contribution in [1.29, 1.82) is 0 Å². The number of hydrogen-bond acceptors (Lipinski definition) is 2. The number of nitrogens with one attached hydrogen (secondary N) is 1. The van der Waals surface area contributed by atoms with Gasteiger partial charge in [0.05, 0.1) is 0 Å². The summed E-state index contributed by atoms with van der Waals surface area (Å²) in [6, 6.07) is 11.3. The number of nitrogens with zero attached hydrogens (tertiary/aromatic N) is 1. The lowest BCUT2D eigenvalue weighted by Crippen LogP contribution is -2.42. The molecule has 1 aromatic rings. The lowest BCUT2D eigenvalue weighted by Gasteiger charge is -2.38. The summed E-state index contributed by atoms with van der Waals surface area (Å²) in [6.45, 7) is 8.51. The summed E-state index contributed by atoms with van der Waals surface area (Å²) in [5.74, 6) is 0. The van der Waals surface area contributed by atoms with Crippen LogP contribution in [0.25, 0.3) is 0 Å². The van der Waals surface area contributed by atoms with Crippen LogP contribution in [0.3, 0.4) is 0 Å². The molecule has 1 aliphatic rings. The van der Waals surface area contributed by atoms with Gasteiger partial charge in [-0.1, -0.05) is 57.0 Å². The van der Waals surface area contributed by atoms with Gasteiger partial charge in [-0.05, 0) is 44.0 Å². The van der Waals surface area contributed by atoms with Crippen molar-refractivity contribution in [1.82, 2.24) is 10.2 Å². The zero-order valence-corrected chi connectivity index (χ0v) is 13.4. The largest absolute Gasteiger partial charge is 0.313 e. The van der Waals surface area contributed by atoms with E-state index in [-0.39, 0.29) is 5.41 Å². The van der Waals surface area contributed by atoms with Crippen LogP contribution in [0.4, 0.5) is 0 Å². The van der Waals surface area contributed by atoms with E-state index < -0.39 is 0 Å². The van der Waals surface area contributed by atoms with Crippen LogP contribution in [-0.4, -0.2) is 31.6 Å². The molecule has 1 heterocycles. The Morgan fingerprint density at radius 1 is 1.05 bits per heavy atom. The molecule has 1 fully saturated rings. The van der Waals surface area contributed by atoms with E-state index in [0.717, 1.165) is 0 Å². The highest BCUT2D eigenvalue weighted by atomic mass is 15.1. The summed E-state index contributed by atoms with van der Waals surface area (Å²) in [5.41, 5.74) is 1.63. The monoisotopic (exact) mass is 274 g/mol. The van der Waals surface area contributed by atoms with Crippen LogP contribution in [0.5, 0.6) is 0 Å². The minimum atomic E-state index is 0.237. The van der Waals surface area contributed by atoms with Gasteiger partial charge in [-0.2, -0.15) is 0 Å². The van der Waals surface area contributed by atoms with Gasteiger partial charge < -0.3 is 10.2 Å². The summed E-state index contributed by atoms with van der Waals surface area (Å²) in [5, 5.41) is 3.54. The van der Waals surface area contributed by atoms with Gasteiger partial charge in [-0.3, -0.25) is 0 Å². The first-order chi connectivity index (χ1) is 9.63. The topological polar surface area (TPSA) is 15.3 Å². The Morgan fingerprint density at radius 2 is 1.65 bits per heavy atom. The quantitative estimate of drug-likeness (QED) is 0.877. The Hall–Kier alpha value is -0.860. The summed E-state index contributed by atoms with van der Waals surface area (Å²) in [6.07, 6.45) is 5.55. The molecule has 0 saturated carbocycles. The average Bonchev–Trinajstić information content (AvgIpc) is 2.68. The van der Waals surface area contributed by atoms with E-state index in [1.165, 1.54) is 50.9 Å². The Morgan fingerprint density at radius 3 is 2.20 bits per heavy atom. The van der Waals surface area contributed by atoms with Crippen molar-refractivity contribution < 1.29 is 0 Å². The number of hydrogen-bond donors (Lipinski definition) is 1. The van der Waals surface area contributed by atoms with Gasteiger partial charge in [0.15, 0.2) is 0 Å². The fraction of sp³-hybridized carbons (Fsp3) is 0.667. The third kappa shape index (κ3) is 4.07. The predicted molar refractivity (Wildman–Crippen MR) is 86.9 cm³/mol. The molecule has 0 radical (unpaired) electrons. The number of rotatable bonds is 5. The molecule has 112 valence electrons. The third-order valence-electron chi connectivity index (χ3n) is 4.53. The number of likely N-dealkylation sites (tertiary alicyclic amines) is 1. The van der Waals surface area contributed by atoms with Crippen molar-refractivity contribution in [3.63, 3.8) is 0 Å². The van der Waals surface area contributed by atoms with E-state index in [0.29, 0.717) is 6.04 Å². The normalized spacial score (nSPS) is 19.6. The van der Waals surface area contributed by atoms with Crippen molar-refractivity contribution in [2.24, 2.45) is 5.41 Å². The third-order valence-corrected chi connectivity index (χ3v) is 4.53. The summed E-state index contributed by atoms with van der Waals surface area (Å²) in [7, 11) is 2.09. The molecule has 1 aliphatic heterocycles. The standard InChI is InChI=1S/C18H30N2/c1-18(2,15-20-13-9-4-5-10-14-20)17(19-3)16-11-7-6-8-12-16/h6-8,11-12,17,19H,4-5,9-10,13-15H2,1-3H3. The van der Waals surface area contributed by atoms with Gasteiger partial charge in [-0.25, -0.2) is 0 Å². The van der Waals surface area contributed by atoms with Gasteiger partial charge in [0.2, 0.25) is 0 Å². The first kappa shape index (κ1) is 15.5. The molecule has 0 aromatic heterocycles. The van der Waals surface area contributed by atoms with E-state index in [9.17, 15) is 0 Å². The van der Waals surface area contributed by atoms with Crippen LogP contribution in [0.2, 0.25) is 0 Å². The van der Waals surface area contributed by atoms with Crippen LogP contribution in [-0.2, 0) is 0 Å². The van der Waals surface area contributed by atoms with E-state index in [1.54, 1.807) is 0 Å². The highest BCUT2D eigenvalue weighted by Gasteiger charge is 2.31. The molecule has 20 heavy (non-hydrogen) atoms. The molecule has 2 nitrogen and oxygen atoms in total. The molecule has 1 unspecified atom stereocenters. The Labute approximate surface area is 124 Å². The zero-order valence-electron chi connectivity index (χ0n) is 13.4. The molecule has 2 heteroatoms. The average molecular weight is 274 g/mol. The van der Waals surface area contributed by atoms with Crippen LogP contribution < -0.4 is 5.32 Å². The highest BCUT2D eigenvalue weighted by molar-refractivity contribution is 5.21. The molecule has 2 rings (SSSR count). The van der Waals surface area contributed by atoms with E-state index in [1.807, 2.05) is 0 Å². The van der Waals surface area contributed by atoms with Gasteiger partial charge >= 0.3 is 0 Å². The van der Waals surface area contributed by atoms with Crippen molar-refractivity contribution >= 4 is 0 Å². The van der Waals surface area contributed by atoms with Gasteiger partial charge in [0.1, 0.15) is 0 Å². The maximum Gasteiger partial charge on any atom is 0.0381 e. The zero-order chi connectivity index (χ0) is 14.4. The molecular formula is C18H30N2. The Bertz CT molecular complexity index is 378. The second kappa shape index (κ2) is 7.24. The van der Waals surface area contributed by atoms with Crippen molar-refractivity contribution in [3.05, 3.63) is 35.9 Å². The van der Waals surface area contributed by atoms with E-state index in [2.05, 4.69) is 61.4 Å². The fourth-order valence-corrected chi connectivity index (χ4v) is 3.62. The molecular weight excluding hydrogens is 244 g/mol. The molecule has 0 amide bonds. The lowest BCUT2D eigenvalue weighted by molar-refractivity contribution is 0.143. The minimum absolute atomic E-state index is 0.237. The Kier molecular flexibility index (Phi) is 5.62. The molecule has 1 atom stereocenters. The van der Waals surface area contributed by atoms with E-state index >= 15 is 0 Å². The van der Waals surface area contributed by atoms with Gasteiger partial charge in [0.25, 0.3) is 0 Å². The van der Waals surface area contributed by atoms with Gasteiger partial charge in [-0.15, -0.1) is 0 Å². The Balaban J connectivity index is 2.06. The van der Waals surface area contributed by atoms with Crippen LogP contribution in [0, 0.1) is 5.41 Å². The molecule has 1 saturated heterocycles. The first-order valence-corrected chi connectivity index (χ1v) is 8.08. The molecule has 1 N–H and O–H groups in total. The lowest BCUT2D eigenvalue weighted by atomic mass is 9.80. The molecule has 0 bridgehead atoms. The van der Waals surface area contributed by atoms with Gasteiger partial charge in [0, 0.05) is 12.6 Å². The maximum absolute atomic E-state index is 3.54. The fourth-order valence-electron chi connectivity index (χ4n) is 3.62. The summed E-state index contributed by atoms with van der Waals surface area (Å²) < 4.78 is 0. The van der Waals surface area contributed by atoms with Crippen LogP contribution in [0.1, 0.15) is 51.1 Å². The highest BCUT2D eigenvalue weighted by Crippen LogP contribution is 2.34. The molecule has 1 aromatic carbocycles. The predicted octanol–water partition coefficient (Wildman–Crippen LogP) is 3.85. The number of benzene rings is 1. The maximum atomic E-state index is 3.54. The SMILES string of the molecule is CNC(c1ccccc1)C(C)(C)CN1CCCCCC1. The molecule has 0 spiro atoms. The van der Waals surface area contributed by atoms with Crippen LogP contribution >= 0.6 is 0 Å². The smallest absolute Gasteiger partial charge is 0.0381 e. The van der Waals surface area contributed by atoms with Crippen LogP contribution in [0.15, 0.2) is 30.3 Å². The van der Waals surface area contributed by atoms with Crippen molar-refractivity contribution in [2.75, 3.05) is 26.7 Å². The second-order valence-electron chi connectivity index (χ2n) is 6.81. The van der Waals surface area contributed by atoms with Crippen molar-refractivity contribution in [2.45, 2.75) is 45.6 Å². The minimum Gasteiger partial charge on any atom is -0.313 e. The summed E-state index contributed by atoms with van der Waals surface area (Å²) >= 11 is 0. The summed E-state index contributed by atoms with van der Waals surface area (Å²) in [4.78, 5) is 2.67.